The number of aliphatic hydroxyl groups is 1. The van der Waals surface area contributed by atoms with Gasteiger partial charge in [-0.15, -0.1) is 0 Å². The Morgan fingerprint density at radius 2 is 1.93 bits per heavy atom. The highest BCUT2D eigenvalue weighted by Crippen LogP contribution is 2.31. The molecule has 1 amide bonds. The third-order valence-electron chi connectivity index (χ3n) is 5.26. The molecule has 2 aromatic rings. The van der Waals surface area contributed by atoms with Crippen LogP contribution in [0, 0.1) is 0 Å². The topological polar surface area (TPSA) is 84.2 Å². The summed E-state index contributed by atoms with van der Waals surface area (Å²) in [6, 6.07) is 5.82. The maximum Gasteiger partial charge on any atom is 0.275 e. The van der Waals surface area contributed by atoms with Crippen molar-refractivity contribution in [2.45, 2.75) is 77.5 Å². The zero-order valence-corrected chi connectivity index (χ0v) is 16.7. The lowest BCUT2D eigenvalue weighted by atomic mass is 9.77. The first kappa shape index (κ1) is 19.5. The zero-order valence-electron chi connectivity index (χ0n) is 16.7. The summed E-state index contributed by atoms with van der Waals surface area (Å²) in [5, 5.41) is 18.6. The monoisotopic (exact) mass is 371 g/mol. The summed E-state index contributed by atoms with van der Waals surface area (Å²) in [5.41, 5.74) is 1.04. The van der Waals surface area contributed by atoms with Gasteiger partial charge in [0.25, 0.3) is 5.56 Å². The molecule has 0 spiro atoms. The highest BCUT2D eigenvalue weighted by molar-refractivity contribution is 5.85. The lowest BCUT2D eigenvalue weighted by molar-refractivity contribution is -0.125. The molecule has 1 aromatic carbocycles. The van der Waals surface area contributed by atoms with Crippen molar-refractivity contribution in [3.8, 4) is 0 Å². The minimum atomic E-state index is -0.699. The quantitative estimate of drug-likeness (QED) is 0.846. The molecule has 0 aliphatic heterocycles. The Morgan fingerprint density at radius 1 is 1.26 bits per heavy atom. The van der Waals surface area contributed by atoms with Crippen molar-refractivity contribution in [1.82, 2.24) is 15.1 Å². The average molecular weight is 371 g/mol. The summed E-state index contributed by atoms with van der Waals surface area (Å²) in [4.78, 5) is 25.2. The van der Waals surface area contributed by atoms with Crippen molar-refractivity contribution < 1.29 is 9.90 Å². The summed E-state index contributed by atoms with van der Waals surface area (Å²) in [6.07, 6.45) is 1.07. The molecule has 1 aliphatic carbocycles. The van der Waals surface area contributed by atoms with E-state index in [-0.39, 0.29) is 30.0 Å². The summed E-state index contributed by atoms with van der Waals surface area (Å²) in [5.74, 6) is 0.242. The van der Waals surface area contributed by atoms with Crippen molar-refractivity contribution in [3.05, 3.63) is 39.8 Å². The molecule has 0 radical (unpaired) electrons. The Kier molecular flexibility index (Phi) is 5.12. The molecule has 0 saturated heterocycles. The molecule has 3 rings (SSSR count). The Balaban J connectivity index is 1.92. The maximum absolute atomic E-state index is 12.9. The fourth-order valence-corrected chi connectivity index (χ4v) is 3.73. The number of carbonyl (C=O) groups is 1. The van der Waals surface area contributed by atoms with Crippen LogP contribution >= 0.6 is 0 Å². The second-order valence-electron chi connectivity index (χ2n) is 8.63. The molecule has 1 fully saturated rings. The number of fused-ring (bicyclic) bond motifs is 1. The molecule has 6 heteroatoms. The fraction of sp³-hybridized carbons (Fsp3) is 0.571. The predicted octanol–water partition coefficient (Wildman–Crippen LogP) is 2.67. The summed E-state index contributed by atoms with van der Waals surface area (Å²) < 4.78 is 1.26. The fourth-order valence-electron chi connectivity index (χ4n) is 3.73. The van der Waals surface area contributed by atoms with Crippen LogP contribution < -0.4 is 10.9 Å². The zero-order chi connectivity index (χ0) is 19.9. The second kappa shape index (κ2) is 7.08. The number of nitrogens with zero attached hydrogens (tertiary/aromatic N) is 2. The summed E-state index contributed by atoms with van der Waals surface area (Å²) in [6.45, 7) is 9.95. The van der Waals surface area contributed by atoms with Gasteiger partial charge in [0, 0.05) is 11.4 Å². The van der Waals surface area contributed by atoms with Crippen molar-refractivity contribution in [2.24, 2.45) is 0 Å². The Hall–Kier alpha value is -2.21. The molecule has 0 unspecified atom stereocenters. The molecular formula is C21H29N3O3. The van der Waals surface area contributed by atoms with Crippen LogP contribution in [0.2, 0.25) is 0 Å². The van der Waals surface area contributed by atoms with Crippen molar-refractivity contribution >= 4 is 16.7 Å². The minimum Gasteiger partial charge on any atom is -0.390 e. The number of aromatic nitrogens is 2. The maximum atomic E-state index is 12.9. The number of rotatable bonds is 5. The largest absolute Gasteiger partial charge is 0.390 e. The third-order valence-corrected chi connectivity index (χ3v) is 5.26. The number of benzene rings is 1. The Labute approximate surface area is 159 Å². The van der Waals surface area contributed by atoms with Crippen LogP contribution in [0.5, 0.6) is 0 Å². The van der Waals surface area contributed by atoms with Crippen LogP contribution in [0.15, 0.2) is 23.0 Å². The molecule has 0 atom stereocenters. The first-order valence-electron chi connectivity index (χ1n) is 9.64. The van der Waals surface area contributed by atoms with Gasteiger partial charge >= 0.3 is 0 Å². The van der Waals surface area contributed by atoms with Gasteiger partial charge in [-0.25, -0.2) is 4.68 Å². The molecule has 1 saturated carbocycles. The van der Waals surface area contributed by atoms with Gasteiger partial charge in [-0.3, -0.25) is 9.59 Å². The van der Waals surface area contributed by atoms with E-state index in [2.05, 4.69) is 24.3 Å². The molecule has 2 N–H and O–H groups in total. The predicted molar refractivity (Wildman–Crippen MR) is 106 cm³/mol. The van der Waals surface area contributed by atoms with E-state index in [4.69, 9.17) is 0 Å². The highest BCUT2D eigenvalue weighted by atomic mass is 16.3. The van der Waals surface area contributed by atoms with Gasteiger partial charge in [-0.2, -0.15) is 5.10 Å². The third kappa shape index (κ3) is 4.05. The highest BCUT2D eigenvalue weighted by Gasteiger charge is 2.39. The van der Waals surface area contributed by atoms with Crippen molar-refractivity contribution in [1.29, 1.82) is 0 Å². The van der Waals surface area contributed by atoms with Crippen LogP contribution in [-0.4, -0.2) is 32.4 Å². The Morgan fingerprint density at radius 3 is 2.48 bits per heavy atom. The van der Waals surface area contributed by atoms with E-state index >= 15 is 0 Å². The standard InChI is InChI=1S/C21H29N3O3/c1-12(2)14-6-7-16-17(8-14)19(13(3)4)23-24(20(16)26)11-18(25)22-15-9-21(5,27)10-15/h6-8,12-13,15,27H,9-11H2,1-5H3,(H,22,25). The minimum absolute atomic E-state index is 0.0400. The van der Waals surface area contributed by atoms with E-state index in [1.54, 1.807) is 6.92 Å². The summed E-state index contributed by atoms with van der Waals surface area (Å²) >= 11 is 0. The van der Waals surface area contributed by atoms with Crippen LogP contribution in [-0.2, 0) is 11.3 Å². The van der Waals surface area contributed by atoms with Crippen molar-refractivity contribution in [3.63, 3.8) is 0 Å². The number of carbonyl (C=O) groups excluding carboxylic acids is 1. The van der Waals surface area contributed by atoms with Crippen LogP contribution in [0.1, 0.15) is 70.6 Å². The van der Waals surface area contributed by atoms with E-state index in [9.17, 15) is 14.7 Å². The van der Waals surface area contributed by atoms with E-state index in [1.165, 1.54) is 4.68 Å². The van der Waals surface area contributed by atoms with Crippen LogP contribution in [0.4, 0.5) is 0 Å². The smallest absolute Gasteiger partial charge is 0.275 e. The number of amides is 1. The molecule has 6 nitrogen and oxygen atoms in total. The van der Waals surface area contributed by atoms with Crippen molar-refractivity contribution in [2.75, 3.05) is 0 Å². The van der Waals surface area contributed by atoms with Crippen LogP contribution in [0.3, 0.4) is 0 Å². The van der Waals surface area contributed by atoms with Gasteiger partial charge in [0.15, 0.2) is 0 Å². The molecule has 1 aromatic heterocycles. The van der Waals surface area contributed by atoms with E-state index < -0.39 is 5.60 Å². The molecule has 1 aliphatic rings. The number of hydrogen-bond acceptors (Lipinski definition) is 4. The first-order chi connectivity index (χ1) is 12.6. The van der Waals surface area contributed by atoms with Gasteiger partial charge in [-0.1, -0.05) is 33.8 Å². The number of nitrogens with one attached hydrogen (secondary N) is 1. The van der Waals surface area contributed by atoms with Gasteiger partial charge in [0.1, 0.15) is 6.54 Å². The van der Waals surface area contributed by atoms with E-state index in [1.807, 2.05) is 32.0 Å². The average Bonchev–Trinajstić information content (AvgIpc) is 2.54. The first-order valence-corrected chi connectivity index (χ1v) is 9.64. The van der Waals surface area contributed by atoms with E-state index in [0.29, 0.717) is 24.1 Å². The normalized spacial score (nSPS) is 22.3. The lowest BCUT2D eigenvalue weighted by Gasteiger charge is -2.41. The van der Waals surface area contributed by atoms with Gasteiger partial charge in [0.05, 0.1) is 16.7 Å². The second-order valence-corrected chi connectivity index (χ2v) is 8.63. The summed E-state index contributed by atoms with van der Waals surface area (Å²) in [7, 11) is 0. The number of hydrogen-bond donors (Lipinski definition) is 2. The van der Waals surface area contributed by atoms with Crippen LogP contribution in [0.25, 0.3) is 10.8 Å². The Bertz CT molecular complexity index is 920. The van der Waals surface area contributed by atoms with Gasteiger partial charge in [0.2, 0.25) is 5.91 Å². The molecule has 1 heterocycles. The lowest BCUT2D eigenvalue weighted by Crippen LogP contribution is -2.54. The molecular weight excluding hydrogens is 342 g/mol. The van der Waals surface area contributed by atoms with Gasteiger partial charge in [-0.05, 0) is 49.3 Å². The van der Waals surface area contributed by atoms with E-state index in [0.717, 1.165) is 16.6 Å². The molecule has 146 valence electrons. The molecule has 27 heavy (non-hydrogen) atoms. The molecule has 0 bridgehead atoms. The van der Waals surface area contributed by atoms with Gasteiger partial charge < -0.3 is 10.4 Å². The SMILES string of the molecule is CC(C)c1ccc2c(=O)n(CC(=O)NC3CC(C)(O)C3)nc(C(C)C)c2c1.